The Kier molecular flexibility index (Phi) is 2.76. The molecule has 1 heterocycles. The van der Waals surface area contributed by atoms with Gasteiger partial charge in [0.1, 0.15) is 0 Å². The lowest BCUT2D eigenvalue weighted by atomic mass is 10.1. The predicted octanol–water partition coefficient (Wildman–Crippen LogP) is 0.499. The highest BCUT2D eigenvalue weighted by molar-refractivity contribution is 5.88. The molecule has 0 aromatic carbocycles. The Balaban J connectivity index is 3.00. The first-order valence-electron chi connectivity index (χ1n) is 3.56. The summed E-state index contributed by atoms with van der Waals surface area (Å²) < 4.78 is 0. The van der Waals surface area contributed by atoms with E-state index in [1.165, 1.54) is 6.20 Å². The third kappa shape index (κ3) is 1.79. The quantitative estimate of drug-likeness (QED) is 0.686. The summed E-state index contributed by atoms with van der Waals surface area (Å²) in [5.74, 6) is -0.937. The second-order valence-electron chi connectivity index (χ2n) is 2.37. The van der Waals surface area contributed by atoms with Gasteiger partial charge in [0.2, 0.25) is 0 Å². The normalized spacial score (nSPS) is 9.75. The molecule has 12 heavy (non-hydrogen) atoms. The molecule has 0 saturated heterocycles. The summed E-state index contributed by atoms with van der Waals surface area (Å²) in [6.45, 7) is 0.546. The van der Waals surface area contributed by atoms with Crippen LogP contribution in [-0.4, -0.2) is 23.1 Å². The first-order valence-corrected chi connectivity index (χ1v) is 3.56. The molecule has 0 radical (unpaired) electrons. The van der Waals surface area contributed by atoms with Crippen molar-refractivity contribution in [3.63, 3.8) is 0 Å². The van der Waals surface area contributed by atoms with Gasteiger partial charge in [0.05, 0.1) is 5.56 Å². The van der Waals surface area contributed by atoms with Gasteiger partial charge in [-0.1, -0.05) is 0 Å². The zero-order chi connectivity index (χ0) is 8.97. The number of carboxylic acid groups (broad SMARTS) is 1. The summed E-state index contributed by atoms with van der Waals surface area (Å²) in [6.07, 6.45) is 2.94. The van der Waals surface area contributed by atoms with E-state index in [0.717, 1.165) is 5.56 Å². The van der Waals surface area contributed by atoms with Crippen LogP contribution in [0.4, 0.5) is 0 Å². The average molecular weight is 166 g/mol. The van der Waals surface area contributed by atoms with E-state index < -0.39 is 5.97 Å². The molecule has 0 aliphatic carbocycles. The minimum Gasteiger partial charge on any atom is -0.478 e. The van der Waals surface area contributed by atoms with Crippen LogP contribution in [0.1, 0.15) is 15.9 Å². The number of rotatable bonds is 3. The van der Waals surface area contributed by atoms with Crippen LogP contribution in [0.3, 0.4) is 0 Å². The number of carbonyl (C=O) groups is 1. The van der Waals surface area contributed by atoms with Crippen LogP contribution in [0, 0.1) is 0 Å². The summed E-state index contributed by atoms with van der Waals surface area (Å²) >= 11 is 0. The number of hydrogen-bond donors (Lipinski definition) is 2. The average Bonchev–Trinajstić information content (AvgIpc) is 2.05. The highest BCUT2D eigenvalue weighted by Gasteiger charge is 2.07. The topological polar surface area (TPSA) is 62.2 Å². The zero-order valence-corrected chi connectivity index (χ0v) is 6.74. The van der Waals surface area contributed by atoms with Crippen molar-refractivity contribution >= 4 is 5.97 Å². The molecule has 64 valence electrons. The van der Waals surface area contributed by atoms with Crippen molar-refractivity contribution in [2.75, 3.05) is 7.05 Å². The smallest absolute Gasteiger partial charge is 0.337 e. The second-order valence-corrected chi connectivity index (χ2v) is 2.37. The Morgan fingerprint density at radius 3 is 3.08 bits per heavy atom. The Hall–Kier alpha value is -1.42. The monoisotopic (exact) mass is 166 g/mol. The molecule has 0 fully saturated rings. The van der Waals surface area contributed by atoms with Crippen LogP contribution in [0.5, 0.6) is 0 Å². The second kappa shape index (κ2) is 3.82. The van der Waals surface area contributed by atoms with Crippen molar-refractivity contribution in [2.45, 2.75) is 6.54 Å². The third-order valence-electron chi connectivity index (χ3n) is 1.51. The van der Waals surface area contributed by atoms with Gasteiger partial charge in [0.15, 0.2) is 0 Å². The largest absolute Gasteiger partial charge is 0.478 e. The van der Waals surface area contributed by atoms with Crippen LogP contribution in [0.25, 0.3) is 0 Å². The van der Waals surface area contributed by atoms with E-state index in [0.29, 0.717) is 6.54 Å². The Morgan fingerprint density at radius 2 is 2.50 bits per heavy atom. The lowest BCUT2D eigenvalue weighted by Gasteiger charge is -2.02. The minimum absolute atomic E-state index is 0.256. The van der Waals surface area contributed by atoms with Crippen molar-refractivity contribution in [3.05, 3.63) is 29.6 Å². The van der Waals surface area contributed by atoms with Crippen LogP contribution in [0.15, 0.2) is 18.5 Å². The highest BCUT2D eigenvalue weighted by atomic mass is 16.4. The lowest BCUT2D eigenvalue weighted by molar-refractivity contribution is 0.0695. The van der Waals surface area contributed by atoms with Crippen molar-refractivity contribution in [1.82, 2.24) is 10.3 Å². The number of carboxylic acids is 1. The summed E-state index contributed by atoms with van der Waals surface area (Å²) in [5.41, 5.74) is 1.01. The van der Waals surface area contributed by atoms with Crippen molar-refractivity contribution in [3.8, 4) is 0 Å². The van der Waals surface area contributed by atoms with Crippen molar-refractivity contribution in [2.24, 2.45) is 0 Å². The zero-order valence-electron chi connectivity index (χ0n) is 6.74. The van der Waals surface area contributed by atoms with Crippen LogP contribution in [0.2, 0.25) is 0 Å². The van der Waals surface area contributed by atoms with Crippen molar-refractivity contribution < 1.29 is 9.90 Å². The fourth-order valence-corrected chi connectivity index (χ4v) is 0.960. The predicted molar refractivity (Wildman–Crippen MR) is 44.0 cm³/mol. The fraction of sp³-hybridized carbons (Fsp3) is 0.250. The van der Waals surface area contributed by atoms with Gasteiger partial charge >= 0.3 is 5.97 Å². The van der Waals surface area contributed by atoms with Crippen LogP contribution >= 0.6 is 0 Å². The van der Waals surface area contributed by atoms with Gasteiger partial charge in [0, 0.05) is 18.9 Å². The number of aromatic nitrogens is 1. The van der Waals surface area contributed by atoms with Gasteiger partial charge in [-0.3, -0.25) is 4.98 Å². The van der Waals surface area contributed by atoms with Gasteiger partial charge in [-0.15, -0.1) is 0 Å². The molecule has 1 aromatic rings. The van der Waals surface area contributed by atoms with E-state index >= 15 is 0 Å². The molecule has 1 aromatic heterocycles. The summed E-state index contributed by atoms with van der Waals surface area (Å²) in [7, 11) is 1.77. The summed E-state index contributed by atoms with van der Waals surface area (Å²) in [5, 5.41) is 11.6. The van der Waals surface area contributed by atoms with Gasteiger partial charge in [-0.05, 0) is 18.7 Å². The van der Waals surface area contributed by atoms with Crippen molar-refractivity contribution in [1.29, 1.82) is 0 Å². The maximum atomic E-state index is 10.6. The SMILES string of the molecule is CNCc1ccncc1C(=O)O. The molecule has 0 bridgehead atoms. The molecule has 1 rings (SSSR count). The molecular formula is C8H10N2O2. The van der Waals surface area contributed by atoms with Crippen LogP contribution < -0.4 is 5.32 Å². The van der Waals surface area contributed by atoms with Gasteiger partial charge < -0.3 is 10.4 Å². The molecule has 0 amide bonds. The van der Waals surface area contributed by atoms with E-state index in [2.05, 4.69) is 10.3 Å². The van der Waals surface area contributed by atoms with Gasteiger partial charge in [-0.25, -0.2) is 4.79 Å². The van der Waals surface area contributed by atoms with E-state index in [9.17, 15) is 4.79 Å². The lowest BCUT2D eigenvalue weighted by Crippen LogP contribution is -2.10. The maximum absolute atomic E-state index is 10.6. The molecule has 0 atom stereocenters. The Bertz CT molecular complexity index is 286. The van der Waals surface area contributed by atoms with E-state index in [1.807, 2.05) is 0 Å². The standard InChI is InChI=1S/C8H10N2O2/c1-9-4-6-2-3-10-5-7(6)8(11)12/h2-3,5,9H,4H2,1H3,(H,11,12). The molecule has 4 nitrogen and oxygen atoms in total. The summed E-state index contributed by atoms with van der Waals surface area (Å²) in [6, 6.07) is 1.69. The molecule has 0 saturated carbocycles. The number of pyridine rings is 1. The van der Waals surface area contributed by atoms with E-state index in [-0.39, 0.29) is 5.56 Å². The first-order chi connectivity index (χ1) is 5.75. The number of nitrogens with one attached hydrogen (secondary N) is 1. The maximum Gasteiger partial charge on any atom is 0.337 e. The molecular weight excluding hydrogens is 156 g/mol. The first kappa shape index (κ1) is 8.67. The summed E-state index contributed by atoms with van der Waals surface area (Å²) in [4.78, 5) is 14.4. The van der Waals surface area contributed by atoms with E-state index in [1.54, 1.807) is 19.3 Å². The highest BCUT2D eigenvalue weighted by Crippen LogP contribution is 2.05. The molecule has 0 unspecified atom stereocenters. The minimum atomic E-state index is -0.937. The van der Waals surface area contributed by atoms with E-state index in [4.69, 9.17) is 5.11 Å². The molecule has 0 aliphatic heterocycles. The molecule has 4 heteroatoms. The molecule has 2 N–H and O–H groups in total. The number of aromatic carboxylic acids is 1. The Morgan fingerprint density at radius 1 is 1.75 bits per heavy atom. The number of nitrogens with zero attached hydrogens (tertiary/aromatic N) is 1. The van der Waals surface area contributed by atoms with Crippen LogP contribution in [-0.2, 0) is 6.54 Å². The van der Waals surface area contributed by atoms with Gasteiger partial charge in [-0.2, -0.15) is 0 Å². The van der Waals surface area contributed by atoms with Gasteiger partial charge in [0.25, 0.3) is 0 Å². The number of hydrogen-bond acceptors (Lipinski definition) is 3. The molecule has 0 spiro atoms. The fourth-order valence-electron chi connectivity index (χ4n) is 0.960. The third-order valence-corrected chi connectivity index (χ3v) is 1.51. The Labute approximate surface area is 70.3 Å². The molecule has 0 aliphatic rings.